The summed E-state index contributed by atoms with van der Waals surface area (Å²) < 4.78 is 41.5. The molecule has 126 valence electrons. The molecule has 9 heteroatoms. The topological polar surface area (TPSA) is 75.7 Å². The second kappa shape index (κ2) is 8.00. The van der Waals surface area contributed by atoms with Gasteiger partial charge < -0.3 is 15.0 Å². The molecule has 0 aromatic heterocycles. The zero-order valence-corrected chi connectivity index (χ0v) is 12.2. The Morgan fingerprint density at radius 1 is 1.18 bits per heavy atom. The summed E-state index contributed by atoms with van der Waals surface area (Å²) in [5.74, 6) is -2.67. The fraction of sp³-hybridized carbons (Fsp3) is 0.769. The molecule has 0 saturated carbocycles. The van der Waals surface area contributed by atoms with Gasteiger partial charge in [-0.2, -0.15) is 13.2 Å². The highest BCUT2D eigenvalue weighted by molar-refractivity contribution is 5.82. The van der Waals surface area contributed by atoms with Gasteiger partial charge in [0.15, 0.2) is 0 Å². The van der Waals surface area contributed by atoms with Crippen LogP contribution >= 0.6 is 0 Å². The van der Waals surface area contributed by atoms with Gasteiger partial charge in [-0.25, -0.2) is 0 Å². The Morgan fingerprint density at radius 3 is 2.27 bits per heavy atom. The minimum atomic E-state index is -4.87. The first-order valence-corrected chi connectivity index (χ1v) is 7.05. The van der Waals surface area contributed by atoms with E-state index in [0.717, 1.165) is 4.90 Å². The fourth-order valence-corrected chi connectivity index (χ4v) is 2.15. The number of piperidine rings is 1. The van der Waals surface area contributed by atoms with Gasteiger partial charge in [0.05, 0.1) is 13.0 Å². The molecule has 0 aromatic rings. The average molecular weight is 324 g/mol. The zero-order chi connectivity index (χ0) is 16.8. The van der Waals surface area contributed by atoms with E-state index in [9.17, 15) is 27.6 Å². The van der Waals surface area contributed by atoms with E-state index in [2.05, 4.69) is 10.1 Å². The number of rotatable bonds is 5. The van der Waals surface area contributed by atoms with Gasteiger partial charge in [-0.1, -0.05) is 0 Å². The number of ether oxygens (including phenoxy) is 1. The lowest BCUT2D eigenvalue weighted by atomic mass is 10.0. The molecule has 1 aliphatic heterocycles. The Kier molecular flexibility index (Phi) is 6.63. The number of hydrogen-bond donors (Lipinski definition) is 1. The number of amides is 2. The van der Waals surface area contributed by atoms with Gasteiger partial charge in [-0.05, 0) is 19.8 Å². The van der Waals surface area contributed by atoms with Crippen LogP contribution in [0.15, 0.2) is 0 Å². The van der Waals surface area contributed by atoms with E-state index in [4.69, 9.17) is 0 Å². The van der Waals surface area contributed by atoms with Gasteiger partial charge in [0.1, 0.15) is 0 Å². The summed E-state index contributed by atoms with van der Waals surface area (Å²) in [6.45, 7) is 1.79. The Morgan fingerprint density at radius 2 is 1.77 bits per heavy atom. The quantitative estimate of drug-likeness (QED) is 0.766. The first-order chi connectivity index (χ1) is 10.2. The van der Waals surface area contributed by atoms with Gasteiger partial charge in [0.2, 0.25) is 5.91 Å². The SMILES string of the molecule is CCOC(=O)CCC(=O)NC1CCN(C(=O)C(F)(F)F)CC1. The molecule has 0 aromatic carbocycles. The van der Waals surface area contributed by atoms with Gasteiger partial charge in [-0.3, -0.25) is 14.4 Å². The van der Waals surface area contributed by atoms with Crippen LogP contribution in [-0.2, 0) is 19.1 Å². The zero-order valence-electron chi connectivity index (χ0n) is 12.2. The Bertz CT molecular complexity index is 418. The Labute approximate surface area is 126 Å². The van der Waals surface area contributed by atoms with Crippen molar-refractivity contribution >= 4 is 17.8 Å². The maximum Gasteiger partial charge on any atom is 0.471 e. The van der Waals surface area contributed by atoms with Crippen molar-refractivity contribution in [1.29, 1.82) is 0 Å². The number of nitrogens with zero attached hydrogens (tertiary/aromatic N) is 1. The normalized spacial score (nSPS) is 16.3. The first-order valence-electron chi connectivity index (χ1n) is 7.05. The van der Waals surface area contributed by atoms with Crippen LogP contribution in [0.5, 0.6) is 0 Å². The molecule has 6 nitrogen and oxygen atoms in total. The molecule has 0 bridgehead atoms. The van der Waals surface area contributed by atoms with Crippen LogP contribution in [0.1, 0.15) is 32.6 Å². The smallest absolute Gasteiger partial charge is 0.466 e. The van der Waals surface area contributed by atoms with Gasteiger partial charge in [0, 0.05) is 25.6 Å². The number of carbonyl (C=O) groups excluding carboxylic acids is 3. The molecule has 0 spiro atoms. The highest BCUT2D eigenvalue weighted by atomic mass is 19.4. The molecule has 0 radical (unpaired) electrons. The summed E-state index contributed by atoms with van der Waals surface area (Å²) in [6, 6.07) is -0.285. The Hall–Kier alpha value is -1.80. The maximum absolute atomic E-state index is 12.3. The molecule has 22 heavy (non-hydrogen) atoms. The molecule has 0 atom stereocenters. The third-order valence-corrected chi connectivity index (χ3v) is 3.25. The van der Waals surface area contributed by atoms with Crippen LogP contribution < -0.4 is 5.32 Å². The summed E-state index contributed by atoms with van der Waals surface area (Å²) in [4.78, 5) is 34.5. The molecule has 1 rings (SSSR count). The number of nitrogens with one attached hydrogen (secondary N) is 1. The number of halogens is 3. The van der Waals surface area contributed by atoms with Crippen LogP contribution in [0.25, 0.3) is 0 Å². The van der Waals surface area contributed by atoms with Gasteiger partial charge in [0.25, 0.3) is 0 Å². The molecule has 2 amide bonds. The third kappa shape index (κ3) is 5.90. The summed E-state index contributed by atoms with van der Waals surface area (Å²) in [5, 5.41) is 2.65. The molecule has 1 heterocycles. The molecule has 0 aliphatic carbocycles. The number of likely N-dealkylation sites (tertiary alicyclic amines) is 1. The highest BCUT2D eigenvalue weighted by Gasteiger charge is 2.43. The molecule has 1 aliphatic rings. The second-order valence-electron chi connectivity index (χ2n) is 4.94. The van der Waals surface area contributed by atoms with Crippen molar-refractivity contribution in [1.82, 2.24) is 10.2 Å². The summed E-state index contributed by atoms with van der Waals surface area (Å²) in [7, 11) is 0. The van der Waals surface area contributed by atoms with E-state index < -0.39 is 18.1 Å². The predicted molar refractivity (Wildman–Crippen MR) is 69.7 cm³/mol. The van der Waals surface area contributed by atoms with E-state index in [-0.39, 0.29) is 57.3 Å². The van der Waals surface area contributed by atoms with Crippen molar-refractivity contribution in [2.45, 2.75) is 44.8 Å². The summed E-state index contributed by atoms with van der Waals surface area (Å²) >= 11 is 0. The highest BCUT2D eigenvalue weighted by Crippen LogP contribution is 2.21. The van der Waals surface area contributed by atoms with Crippen LogP contribution in [-0.4, -0.2) is 54.6 Å². The standard InChI is InChI=1S/C13H19F3N2O4/c1-2-22-11(20)4-3-10(19)17-9-5-7-18(8-6-9)12(21)13(14,15)16/h9H,2-8H2,1H3,(H,17,19). The van der Waals surface area contributed by atoms with Crippen LogP contribution in [0.2, 0.25) is 0 Å². The third-order valence-electron chi connectivity index (χ3n) is 3.25. The van der Waals surface area contributed by atoms with Crippen molar-refractivity contribution < 1.29 is 32.3 Å². The second-order valence-corrected chi connectivity index (χ2v) is 4.94. The van der Waals surface area contributed by atoms with Crippen molar-refractivity contribution in [3.05, 3.63) is 0 Å². The molecule has 1 saturated heterocycles. The van der Waals surface area contributed by atoms with Gasteiger partial charge >= 0.3 is 18.1 Å². The minimum Gasteiger partial charge on any atom is -0.466 e. The molecule has 1 fully saturated rings. The monoisotopic (exact) mass is 324 g/mol. The number of carbonyl (C=O) groups is 3. The Balaban J connectivity index is 2.29. The number of hydrogen-bond acceptors (Lipinski definition) is 4. The fourth-order valence-electron chi connectivity index (χ4n) is 2.15. The number of alkyl halides is 3. The maximum atomic E-state index is 12.3. The van der Waals surface area contributed by atoms with Crippen molar-refractivity contribution in [3.63, 3.8) is 0 Å². The van der Waals surface area contributed by atoms with E-state index in [0.29, 0.717) is 0 Å². The van der Waals surface area contributed by atoms with Crippen molar-refractivity contribution in [2.75, 3.05) is 19.7 Å². The van der Waals surface area contributed by atoms with E-state index in [1.54, 1.807) is 6.92 Å². The largest absolute Gasteiger partial charge is 0.471 e. The molecule has 1 N–H and O–H groups in total. The molecule has 0 unspecified atom stereocenters. The van der Waals surface area contributed by atoms with Crippen molar-refractivity contribution in [3.8, 4) is 0 Å². The number of esters is 1. The first kappa shape index (κ1) is 18.2. The van der Waals surface area contributed by atoms with E-state index in [1.165, 1.54) is 0 Å². The van der Waals surface area contributed by atoms with Crippen LogP contribution in [0.4, 0.5) is 13.2 Å². The summed E-state index contributed by atoms with van der Waals surface area (Å²) in [6.07, 6.45) is -4.42. The predicted octanol–water partition coefficient (Wildman–Crippen LogP) is 0.999. The van der Waals surface area contributed by atoms with E-state index >= 15 is 0 Å². The van der Waals surface area contributed by atoms with E-state index in [1.807, 2.05) is 0 Å². The lowest BCUT2D eigenvalue weighted by Crippen LogP contribution is -2.50. The molecular weight excluding hydrogens is 305 g/mol. The summed E-state index contributed by atoms with van der Waals surface area (Å²) in [5.41, 5.74) is 0. The lowest BCUT2D eigenvalue weighted by Gasteiger charge is -2.32. The van der Waals surface area contributed by atoms with Crippen LogP contribution in [0.3, 0.4) is 0 Å². The molecular formula is C13H19F3N2O4. The lowest BCUT2D eigenvalue weighted by molar-refractivity contribution is -0.186. The van der Waals surface area contributed by atoms with Gasteiger partial charge in [-0.15, -0.1) is 0 Å². The van der Waals surface area contributed by atoms with Crippen LogP contribution in [0, 0.1) is 0 Å². The average Bonchev–Trinajstić information content (AvgIpc) is 2.44. The minimum absolute atomic E-state index is 0.0273. The van der Waals surface area contributed by atoms with Crippen molar-refractivity contribution in [2.24, 2.45) is 0 Å².